The molecule has 88 valence electrons. The van der Waals surface area contributed by atoms with Crippen molar-refractivity contribution in [1.82, 2.24) is 0 Å². The molecule has 1 aromatic carbocycles. The fourth-order valence-corrected chi connectivity index (χ4v) is 2.74. The van der Waals surface area contributed by atoms with Crippen LogP contribution in [-0.4, -0.2) is 5.11 Å². The highest BCUT2D eigenvalue weighted by molar-refractivity contribution is 5.29. The van der Waals surface area contributed by atoms with E-state index in [1.54, 1.807) is 0 Å². The molecule has 1 aliphatic carbocycles. The first-order valence-corrected chi connectivity index (χ1v) is 6.03. The minimum absolute atomic E-state index is 0.247. The van der Waals surface area contributed by atoms with Gasteiger partial charge in [0, 0.05) is 0 Å². The maximum atomic E-state index is 13.3. The lowest BCUT2D eigenvalue weighted by atomic mass is 9.89. The highest BCUT2D eigenvalue weighted by atomic mass is 19.1. The minimum Gasteiger partial charge on any atom is -0.385 e. The van der Waals surface area contributed by atoms with E-state index in [0.717, 1.165) is 36.8 Å². The summed E-state index contributed by atoms with van der Waals surface area (Å²) in [4.78, 5) is 0. The van der Waals surface area contributed by atoms with Crippen LogP contribution in [0.2, 0.25) is 0 Å². The highest BCUT2D eigenvalue weighted by Crippen LogP contribution is 2.43. The minimum atomic E-state index is -0.798. The van der Waals surface area contributed by atoms with Crippen molar-refractivity contribution in [2.75, 3.05) is 0 Å². The van der Waals surface area contributed by atoms with Gasteiger partial charge in [-0.2, -0.15) is 0 Å². The monoisotopic (exact) mass is 222 g/mol. The second-order valence-electron chi connectivity index (χ2n) is 5.07. The van der Waals surface area contributed by atoms with Crippen LogP contribution in [0, 0.1) is 18.7 Å². The van der Waals surface area contributed by atoms with Crippen molar-refractivity contribution in [3.8, 4) is 0 Å². The van der Waals surface area contributed by atoms with Crippen molar-refractivity contribution in [2.24, 2.45) is 5.92 Å². The number of aryl methyl sites for hydroxylation is 1. The van der Waals surface area contributed by atoms with E-state index in [1.165, 1.54) is 12.1 Å². The van der Waals surface area contributed by atoms with Crippen molar-refractivity contribution in [3.05, 3.63) is 35.1 Å². The molecule has 16 heavy (non-hydrogen) atoms. The molecule has 1 nitrogen and oxygen atoms in total. The summed E-state index contributed by atoms with van der Waals surface area (Å²) in [6.07, 6.45) is 3.67. The van der Waals surface area contributed by atoms with Gasteiger partial charge in [0.15, 0.2) is 0 Å². The van der Waals surface area contributed by atoms with Gasteiger partial charge in [0.1, 0.15) is 5.82 Å². The third kappa shape index (κ3) is 2.12. The predicted molar refractivity (Wildman–Crippen MR) is 62.7 cm³/mol. The zero-order chi connectivity index (χ0) is 11.8. The van der Waals surface area contributed by atoms with Crippen molar-refractivity contribution in [3.63, 3.8) is 0 Å². The lowest BCUT2D eigenvalue weighted by Crippen LogP contribution is -2.22. The zero-order valence-electron chi connectivity index (χ0n) is 9.96. The molecule has 1 aromatic rings. The first-order chi connectivity index (χ1) is 7.53. The fraction of sp³-hybridized carbons (Fsp3) is 0.571. The van der Waals surface area contributed by atoms with E-state index in [1.807, 2.05) is 13.0 Å². The Balaban J connectivity index is 2.29. The van der Waals surface area contributed by atoms with Crippen LogP contribution in [0.1, 0.15) is 43.7 Å². The Kier molecular flexibility index (Phi) is 3.02. The molecular weight excluding hydrogens is 203 g/mol. The highest BCUT2D eigenvalue weighted by Gasteiger charge is 2.38. The normalized spacial score (nSPS) is 29.6. The first kappa shape index (κ1) is 11.6. The Hall–Kier alpha value is -0.890. The number of hydrogen-bond acceptors (Lipinski definition) is 1. The van der Waals surface area contributed by atoms with Gasteiger partial charge in [0.05, 0.1) is 5.60 Å². The predicted octanol–water partition coefficient (Wildman–Crippen LogP) is 3.53. The molecule has 0 radical (unpaired) electrons. The van der Waals surface area contributed by atoms with Crippen LogP contribution < -0.4 is 0 Å². The van der Waals surface area contributed by atoms with Crippen LogP contribution >= 0.6 is 0 Å². The van der Waals surface area contributed by atoms with E-state index in [4.69, 9.17) is 0 Å². The lowest BCUT2D eigenvalue weighted by Gasteiger charge is -2.24. The van der Waals surface area contributed by atoms with E-state index in [9.17, 15) is 9.50 Å². The standard InChI is InChI=1S/C14H19FO/c1-3-11-4-5-14(16,9-11)12-6-10(2)7-13(15)8-12/h6-8,11,16H,3-5,9H2,1-2H3. The summed E-state index contributed by atoms with van der Waals surface area (Å²) >= 11 is 0. The Bertz CT molecular complexity index is 368. The van der Waals surface area contributed by atoms with Gasteiger partial charge in [0.2, 0.25) is 0 Å². The van der Waals surface area contributed by atoms with Crippen molar-refractivity contribution in [1.29, 1.82) is 0 Å². The summed E-state index contributed by atoms with van der Waals surface area (Å²) in [7, 11) is 0. The second kappa shape index (κ2) is 4.17. The molecule has 2 unspecified atom stereocenters. The molecule has 2 heteroatoms. The Morgan fingerprint density at radius 2 is 2.19 bits per heavy atom. The number of aliphatic hydroxyl groups is 1. The molecule has 0 amide bonds. The van der Waals surface area contributed by atoms with Crippen molar-refractivity contribution < 1.29 is 9.50 Å². The van der Waals surface area contributed by atoms with E-state index in [2.05, 4.69) is 6.92 Å². The zero-order valence-corrected chi connectivity index (χ0v) is 9.96. The molecule has 0 aliphatic heterocycles. The number of halogens is 1. The molecule has 0 aromatic heterocycles. The molecule has 1 N–H and O–H groups in total. The van der Waals surface area contributed by atoms with Gasteiger partial charge in [-0.1, -0.05) is 19.4 Å². The molecule has 0 heterocycles. The van der Waals surface area contributed by atoms with E-state index in [0.29, 0.717) is 5.92 Å². The largest absolute Gasteiger partial charge is 0.385 e. The quantitative estimate of drug-likeness (QED) is 0.811. The Morgan fingerprint density at radius 1 is 1.44 bits per heavy atom. The Labute approximate surface area is 96.3 Å². The number of hydrogen-bond donors (Lipinski definition) is 1. The SMILES string of the molecule is CCC1CCC(O)(c2cc(C)cc(F)c2)C1. The smallest absolute Gasteiger partial charge is 0.123 e. The van der Waals surface area contributed by atoms with Crippen LogP contribution in [0.5, 0.6) is 0 Å². The second-order valence-corrected chi connectivity index (χ2v) is 5.07. The molecule has 1 fully saturated rings. The van der Waals surface area contributed by atoms with Crippen LogP contribution in [0.15, 0.2) is 18.2 Å². The van der Waals surface area contributed by atoms with Crippen molar-refractivity contribution >= 4 is 0 Å². The van der Waals surface area contributed by atoms with Gasteiger partial charge >= 0.3 is 0 Å². The number of rotatable bonds is 2. The third-order valence-corrected chi connectivity index (χ3v) is 3.75. The Morgan fingerprint density at radius 3 is 2.75 bits per heavy atom. The van der Waals surface area contributed by atoms with Gasteiger partial charge in [-0.05, 0) is 55.4 Å². The summed E-state index contributed by atoms with van der Waals surface area (Å²) in [5.41, 5.74) is 0.831. The maximum Gasteiger partial charge on any atom is 0.123 e. The van der Waals surface area contributed by atoms with Crippen LogP contribution in [0.25, 0.3) is 0 Å². The molecule has 0 bridgehead atoms. The summed E-state index contributed by atoms with van der Waals surface area (Å²) in [5, 5.41) is 10.5. The van der Waals surface area contributed by atoms with Gasteiger partial charge in [-0.3, -0.25) is 0 Å². The average molecular weight is 222 g/mol. The molecule has 0 saturated heterocycles. The summed E-state index contributed by atoms with van der Waals surface area (Å²) in [6.45, 7) is 4.01. The molecule has 2 rings (SSSR count). The summed E-state index contributed by atoms with van der Waals surface area (Å²) < 4.78 is 13.3. The van der Waals surface area contributed by atoms with Gasteiger partial charge < -0.3 is 5.11 Å². The van der Waals surface area contributed by atoms with Gasteiger partial charge in [-0.15, -0.1) is 0 Å². The molecule has 0 spiro atoms. The average Bonchev–Trinajstić information content (AvgIpc) is 2.60. The molecule has 1 aliphatic rings. The topological polar surface area (TPSA) is 20.2 Å². The molecule has 2 atom stereocenters. The van der Waals surface area contributed by atoms with Gasteiger partial charge in [-0.25, -0.2) is 4.39 Å². The summed E-state index contributed by atoms with van der Waals surface area (Å²) in [5.74, 6) is 0.331. The van der Waals surface area contributed by atoms with E-state index in [-0.39, 0.29) is 5.82 Å². The van der Waals surface area contributed by atoms with E-state index < -0.39 is 5.60 Å². The van der Waals surface area contributed by atoms with Crippen molar-refractivity contribution in [2.45, 2.75) is 45.1 Å². The molecule has 1 saturated carbocycles. The van der Waals surface area contributed by atoms with E-state index >= 15 is 0 Å². The summed E-state index contributed by atoms with van der Waals surface area (Å²) in [6, 6.07) is 4.88. The third-order valence-electron chi connectivity index (χ3n) is 3.75. The molecular formula is C14H19FO. The first-order valence-electron chi connectivity index (χ1n) is 6.03. The fourth-order valence-electron chi connectivity index (χ4n) is 2.74. The number of benzene rings is 1. The lowest BCUT2D eigenvalue weighted by molar-refractivity contribution is 0.0394. The van der Waals surface area contributed by atoms with Crippen LogP contribution in [0.4, 0.5) is 4.39 Å². The van der Waals surface area contributed by atoms with Gasteiger partial charge in [0.25, 0.3) is 0 Å². The van der Waals surface area contributed by atoms with Crippen LogP contribution in [-0.2, 0) is 5.60 Å². The van der Waals surface area contributed by atoms with Crippen LogP contribution in [0.3, 0.4) is 0 Å². The maximum absolute atomic E-state index is 13.3.